The van der Waals surface area contributed by atoms with E-state index in [-0.39, 0.29) is 31.4 Å². The molecule has 12 heteroatoms. The Balaban J connectivity index is 1.66. The largest absolute Gasteiger partial charge is 0.445 e. The summed E-state index contributed by atoms with van der Waals surface area (Å²) in [6.45, 7) is 7.44. The highest BCUT2D eigenvalue weighted by Gasteiger charge is 2.35. The van der Waals surface area contributed by atoms with Crippen LogP contribution < -0.4 is 21.3 Å². The molecule has 3 rings (SSSR count). The number of nitrogens with one attached hydrogen (secondary N) is 4. The molecule has 1 aromatic heterocycles. The van der Waals surface area contributed by atoms with Gasteiger partial charge in [-0.2, -0.15) is 0 Å². The average Bonchev–Trinajstić information content (AvgIpc) is 3.35. The molecule has 2 heterocycles. The number of benzene rings is 1. The lowest BCUT2D eigenvalue weighted by Crippen LogP contribution is -2.61. The molecule has 4 unspecified atom stereocenters. The molecule has 0 bridgehead atoms. The second kappa shape index (κ2) is 13.9. The number of Topliss-reactive ketones (excluding diaryl/α,β-unsaturated/α-hetero) is 1. The molecule has 0 fully saturated rings. The van der Waals surface area contributed by atoms with Crippen molar-refractivity contribution in [3.05, 3.63) is 53.4 Å². The van der Waals surface area contributed by atoms with Gasteiger partial charge in [-0.05, 0) is 23.8 Å². The van der Waals surface area contributed by atoms with E-state index < -0.39 is 48.0 Å². The highest BCUT2D eigenvalue weighted by molar-refractivity contribution is 6.38. The van der Waals surface area contributed by atoms with E-state index in [4.69, 9.17) is 9.26 Å². The smallest absolute Gasteiger partial charge is 0.407 e. The maximum absolute atomic E-state index is 13.3. The molecule has 0 radical (unpaired) electrons. The predicted molar refractivity (Wildman–Crippen MR) is 140 cm³/mol. The molecule has 12 nitrogen and oxygen atoms in total. The quantitative estimate of drug-likeness (QED) is 0.215. The summed E-state index contributed by atoms with van der Waals surface area (Å²) in [5, 5.41) is 25.5. The SMILES string of the molecule is CC(C)C(NC(O)C(NC(=O)OCc1ccccc1)C(C)C)C(=O)NC1Cc2oncc2CCNC(=O)C1=O. The Kier molecular flexibility index (Phi) is 10.6. The number of ether oxygens (including phenoxy) is 1. The highest BCUT2D eigenvalue weighted by atomic mass is 16.5. The molecule has 0 saturated heterocycles. The number of carbonyl (C=O) groups is 4. The van der Waals surface area contributed by atoms with Gasteiger partial charge < -0.3 is 30.3 Å². The monoisotopic (exact) mass is 543 g/mol. The van der Waals surface area contributed by atoms with Gasteiger partial charge in [0, 0.05) is 18.5 Å². The summed E-state index contributed by atoms with van der Waals surface area (Å²) in [6.07, 6.45) is -0.112. The number of carbonyl (C=O) groups excluding carboxylic acids is 4. The first-order valence-corrected chi connectivity index (χ1v) is 13.0. The van der Waals surface area contributed by atoms with E-state index in [1.165, 1.54) is 6.20 Å². The van der Waals surface area contributed by atoms with Gasteiger partial charge in [-0.25, -0.2) is 4.79 Å². The van der Waals surface area contributed by atoms with Crippen molar-refractivity contribution in [1.29, 1.82) is 0 Å². The van der Waals surface area contributed by atoms with Crippen LogP contribution in [-0.2, 0) is 38.6 Å². The number of aliphatic hydroxyl groups excluding tert-OH is 1. The third kappa shape index (κ3) is 8.36. The van der Waals surface area contributed by atoms with E-state index in [1.54, 1.807) is 27.7 Å². The van der Waals surface area contributed by atoms with Gasteiger partial charge in [0.05, 0.1) is 18.3 Å². The van der Waals surface area contributed by atoms with Crippen molar-refractivity contribution in [3.63, 3.8) is 0 Å². The Morgan fingerprint density at radius 2 is 1.87 bits per heavy atom. The van der Waals surface area contributed by atoms with Crippen LogP contribution in [0.4, 0.5) is 4.79 Å². The van der Waals surface area contributed by atoms with E-state index in [1.807, 2.05) is 30.3 Å². The number of fused-ring (bicyclic) bond motifs is 1. The Labute approximate surface area is 227 Å². The van der Waals surface area contributed by atoms with Crippen molar-refractivity contribution < 1.29 is 33.5 Å². The first-order chi connectivity index (χ1) is 18.6. The molecule has 4 atom stereocenters. The topological polar surface area (TPSA) is 172 Å². The van der Waals surface area contributed by atoms with Crippen LogP contribution in [0, 0.1) is 11.8 Å². The van der Waals surface area contributed by atoms with E-state index >= 15 is 0 Å². The molecule has 0 spiro atoms. The van der Waals surface area contributed by atoms with E-state index in [9.17, 15) is 24.3 Å². The van der Waals surface area contributed by atoms with Gasteiger partial charge in [-0.3, -0.25) is 19.7 Å². The van der Waals surface area contributed by atoms with Gasteiger partial charge >= 0.3 is 6.09 Å². The summed E-state index contributed by atoms with van der Waals surface area (Å²) in [5.41, 5.74) is 1.55. The summed E-state index contributed by atoms with van der Waals surface area (Å²) >= 11 is 0. The van der Waals surface area contributed by atoms with Gasteiger partial charge in [0.1, 0.15) is 24.6 Å². The summed E-state index contributed by atoms with van der Waals surface area (Å²) in [4.78, 5) is 50.9. The number of nitrogens with zero attached hydrogens (tertiary/aromatic N) is 1. The molecule has 0 aliphatic carbocycles. The third-order valence-corrected chi connectivity index (χ3v) is 6.51. The van der Waals surface area contributed by atoms with E-state index in [2.05, 4.69) is 26.4 Å². The zero-order chi connectivity index (χ0) is 28.5. The molecule has 0 saturated carbocycles. The minimum atomic E-state index is -1.33. The molecule has 5 N–H and O–H groups in total. The Morgan fingerprint density at radius 3 is 2.54 bits per heavy atom. The summed E-state index contributed by atoms with van der Waals surface area (Å²) in [6, 6.07) is 6.24. The minimum Gasteiger partial charge on any atom is -0.445 e. The molecule has 1 aromatic carbocycles. The van der Waals surface area contributed by atoms with Crippen LogP contribution in [-0.4, -0.2) is 64.9 Å². The number of rotatable bonds is 10. The van der Waals surface area contributed by atoms with Crippen LogP contribution in [0.15, 0.2) is 41.1 Å². The van der Waals surface area contributed by atoms with Crippen LogP contribution >= 0.6 is 0 Å². The van der Waals surface area contributed by atoms with Crippen LogP contribution in [0.1, 0.15) is 44.6 Å². The third-order valence-electron chi connectivity index (χ3n) is 6.51. The molecular weight excluding hydrogens is 506 g/mol. The molecule has 212 valence electrons. The lowest BCUT2D eigenvalue weighted by atomic mass is 9.98. The summed E-state index contributed by atoms with van der Waals surface area (Å²) in [7, 11) is 0. The average molecular weight is 544 g/mol. The number of alkyl carbamates (subject to hydrolysis) is 1. The van der Waals surface area contributed by atoms with Crippen LogP contribution in [0.25, 0.3) is 0 Å². The fourth-order valence-corrected chi connectivity index (χ4v) is 4.24. The Morgan fingerprint density at radius 1 is 1.15 bits per heavy atom. The zero-order valence-corrected chi connectivity index (χ0v) is 22.6. The first kappa shape index (κ1) is 29.8. The highest BCUT2D eigenvalue weighted by Crippen LogP contribution is 2.15. The van der Waals surface area contributed by atoms with Crippen molar-refractivity contribution in [3.8, 4) is 0 Å². The van der Waals surface area contributed by atoms with Gasteiger partial charge in [-0.1, -0.05) is 63.2 Å². The molecular formula is C27H37N5O7. The standard InChI is InChI=1S/C27H37N5O7/c1-15(2)21(24(34)30-19-12-20-18(13-29-39-20)10-11-28-26(36)23(19)33)31-25(35)22(16(3)4)32-27(37)38-14-17-8-6-5-7-9-17/h5-9,13,15-16,19,21-22,25,31,35H,10-12,14H2,1-4H3,(H,28,36)(H,30,34)(H,32,37). The Hall–Kier alpha value is -3.77. The first-order valence-electron chi connectivity index (χ1n) is 13.0. The lowest BCUT2D eigenvalue weighted by Gasteiger charge is -2.32. The number of hydrogen-bond acceptors (Lipinski definition) is 9. The minimum absolute atomic E-state index is 0.0376. The van der Waals surface area contributed by atoms with Gasteiger partial charge in [0.2, 0.25) is 11.7 Å². The van der Waals surface area contributed by atoms with Crippen molar-refractivity contribution in [2.45, 2.75) is 71.5 Å². The molecule has 39 heavy (non-hydrogen) atoms. The number of aromatic nitrogens is 1. The second-order valence-corrected chi connectivity index (χ2v) is 10.2. The van der Waals surface area contributed by atoms with E-state index in [0.717, 1.165) is 11.1 Å². The normalized spacial score (nSPS) is 18.2. The van der Waals surface area contributed by atoms with Gasteiger partial charge in [-0.15, -0.1) is 0 Å². The predicted octanol–water partition coefficient (Wildman–Crippen LogP) is 0.827. The second-order valence-electron chi connectivity index (χ2n) is 10.2. The number of ketones is 1. The van der Waals surface area contributed by atoms with E-state index in [0.29, 0.717) is 12.2 Å². The van der Waals surface area contributed by atoms with Crippen LogP contribution in [0.5, 0.6) is 0 Å². The van der Waals surface area contributed by atoms with Crippen molar-refractivity contribution in [2.75, 3.05) is 6.54 Å². The number of aliphatic hydroxyl groups is 1. The maximum Gasteiger partial charge on any atom is 0.407 e. The Bertz CT molecular complexity index is 1130. The number of hydrogen-bond donors (Lipinski definition) is 5. The molecule has 3 amide bonds. The number of amides is 3. The molecule has 1 aliphatic rings. The van der Waals surface area contributed by atoms with Gasteiger partial charge in [0.25, 0.3) is 5.91 Å². The lowest BCUT2D eigenvalue weighted by molar-refractivity contribution is -0.140. The van der Waals surface area contributed by atoms with Crippen LogP contribution in [0.3, 0.4) is 0 Å². The van der Waals surface area contributed by atoms with Crippen molar-refractivity contribution in [1.82, 2.24) is 26.4 Å². The maximum atomic E-state index is 13.3. The summed E-state index contributed by atoms with van der Waals surface area (Å²) in [5.74, 6) is -2.33. The van der Waals surface area contributed by atoms with Crippen LogP contribution in [0.2, 0.25) is 0 Å². The van der Waals surface area contributed by atoms with Gasteiger partial charge in [0.15, 0.2) is 0 Å². The fourth-order valence-electron chi connectivity index (χ4n) is 4.24. The van der Waals surface area contributed by atoms with Crippen molar-refractivity contribution in [2.24, 2.45) is 11.8 Å². The fraction of sp³-hybridized carbons (Fsp3) is 0.519. The molecule has 1 aliphatic heterocycles. The summed E-state index contributed by atoms with van der Waals surface area (Å²) < 4.78 is 10.5. The van der Waals surface area contributed by atoms with Crippen molar-refractivity contribution >= 4 is 23.7 Å². The zero-order valence-electron chi connectivity index (χ0n) is 22.6. The molecule has 2 aromatic rings.